The first-order valence-electron chi connectivity index (χ1n) is 18.8. The van der Waals surface area contributed by atoms with Crippen LogP contribution in [0.15, 0.2) is 141 Å². The van der Waals surface area contributed by atoms with Crippen molar-refractivity contribution in [1.29, 1.82) is 0 Å². The molecule has 0 atom stereocenters. The Bertz CT molecular complexity index is 3260. The van der Waals surface area contributed by atoms with Gasteiger partial charge in [0.1, 0.15) is 21.7 Å². The Morgan fingerprint density at radius 3 is 0.734 bits per heavy atom. The Morgan fingerprint density at radius 1 is 0.312 bits per heavy atom. The number of hydrogen-bond donors (Lipinski definition) is 10. The van der Waals surface area contributed by atoms with Crippen LogP contribution in [0.1, 0.15) is 22.8 Å². The topological polar surface area (TPSA) is 287 Å². The number of benzene rings is 4. The van der Waals surface area contributed by atoms with Crippen molar-refractivity contribution in [2.45, 2.75) is 19.6 Å². The zero-order valence-corrected chi connectivity index (χ0v) is 35.9. The summed E-state index contributed by atoms with van der Waals surface area (Å²) in [6, 6.07) is 30.2. The van der Waals surface area contributed by atoms with E-state index in [1.807, 2.05) is 0 Å². The molecule has 0 saturated carbocycles. The van der Waals surface area contributed by atoms with Crippen LogP contribution in [0, 0.1) is 0 Å². The molecule has 16 nitrogen and oxygen atoms in total. The van der Waals surface area contributed by atoms with Crippen LogP contribution in [-0.4, -0.2) is 73.2 Å². The maximum absolute atomic E-state index is 12.0. The molecule has 0 fully saturated rings. The smallest absolute Gasteiger partial charge is 0.294 e. The number of H-pyrrole nitrogens is 2. The highest BCUT2D eigenvalue weighted by Crippen LogP contribution is 2.46. The van der Waals surface area contributed by atoms with Gasteiger partial charge in [-0.1, -0.05) is 48.5 Å². The van der Waals surface area contributed by atoms with Crippen molar-refractivity contribution >= 4 is 88.3 Å². The molecular formula is C44H34N4O12S4. The number of fused-ring (bicyclic) bond motifs is 8. The molecule has 10 N–H and O–H groups in total. The van der Waals surface area contributed by atoms with E-state index in [0.29, 0.717) is 89.4 Å². The summed E-state index contributed by atoms with van der Waals surface area (Å²) in [6.45, 7) is 0. The van der Waals surface area contributed by atoms with Gasteiger partial charge in [0, 0.05) is 44.3 Å². The quantitative estimate of drug-likeness (QED) is 0.0634. The minimum Gasteiger partial charge on any atom is -0.354 e. The van der Waals surface area contributed by atoms with Crippen LogP contribution in [0.2, 0.25) is 0 Å². The number of rotatable bonds is 8. The van der Waals surface area contributed by atoms with Gasteiger partial charge >= 0.3 is 0 Å². The Morgan fingerprint density at radius 2 is 0.531 bits per heavy atom. The molecule has 8 bridgehead atoms. The third kappa shape index (κ3) is 8.32. The molecule has 0 amide bonds. The molecule has 0 radical (unpaired) electrons. The maximum atomic E-state index is 12.0. The molecule has 64 heavy (non-hydrogen) atoms. The Hall–Kier alpha value is -6.24. The third-order valence-corrected chi connectivity index (χ3v) is 14.1. The Labute approximate surface area is 367 Å². The minimum absolute atomic E-state index is 0.109. The molecular weight excluding hydrogens is 905 g/mol. The van der Waals surface area contributed by atoms with Crippen LogP contribution in [0.4, 0.5) is 0 Å². The number of hydrogen-bond acceptors (Lipinski definition) is 12. The molecule has 9 rings (SSSR count). The zero-order valence-electron chi connectivity index (χ0n) is 32.6. The van der Waals surface area contributed by atoms with E-state index < -0.39 is 42.0 Å². The summed E-state index contributed by atoms with van der Waals surface area (Å²) in [5.41, 5.74) is 8.06. The Balaban J connectivity index is 1.43. The number of nitrogens with zero attached hydrogens (tertiary/aromatic N) is 2. The van der Waals surface area contributed by atoms with Crippen LogP contribution >= 0.6 is 21.7 Å². The van der Waals surface area contributed by atoms with Crippen LogP contribution in [0.3, 0.4) is 0 Å². The average Bonchev–Trinajstić information content (AvgIpc) is 4.08. The van der Waals surface area contributed by atoms with Crippen molar-refractivity contribution in [2.24, 2.45) is 0 Å². The second-order valence-electron chi connectivity index (χ2n) is 14.6. The lowest BCUT2D eigenvalue weighted by Crippen LogP contribution is -1.97. The van der Waals surface area contributed by atoms with Crippen LogP contribution in [0.5, 0.6) is 0 Å². The highest BCUT2D eigenvalue weighted by molar-refractivity contribution is 8.19. The maximum Gasteiger partial charge on any atom is 0.294 e. The second-order valence-corrected chi connectivity index (χ2v) is 20.4. The van der Waals surface area contributed by atoms with Gasteiger partial charge in [-0.15, -0.1) is 0 Å². The van der Waals surface area contributed by atoms with E-state index in [9.17, 15) is 53.3 Å². The van der Waals surface area contributed by atoms with Gasteiger partial charge in [0.25, 0.3) is 20.2 Å². The van der Waals surface area contributed by atoms with Gasteiger partial charge in [-0.25, -0.2) is 9.97 Å². The van der Waals surface area contributed by atoms with E-state index in [1.54, 1.807) is 72.8 Å². The summed E-state index contributed by atoms with van der Waals surface area (Å²) in [4.78, 5) is 16.3. The number of nitrogens with one attached hydrogen (secondary N) is 2. The lowest BCUT2D eigenvalue weighted by molar-refractivity contribution is 0.374. The molecule has 2 aliphatic heterocycles. The van der Waals surface area contributed by atoms with Gasteiger partial charge < -0.3 is 37.3 Å². The fourth-order valence-electron chi connectivity index (χ4n) is 7.62. The van der Waals surface area contributed by atoms with Crippen LogP contribution in [0.25, 0.3) is 90.9 Å². The van der Waals surface area contributed by atoms with Crippen molar-refractivity contribution < 1.29 is 53.3 Å². The van der Waals surface area contributed by atoms with Gasteiger partial charge in [0.15, 0.2) is 0 Å². The highest BCUT2D eigenvalue weighted by Gasteiger charge is 2.22. The largest absolute Gasteiger partial charge is 0.354 e. The van der Waals surface area contributed by atoms with Crippen molar-refractivity contribution in [3.05, 3.63) is 144 Å². The molecule has 7 aromatic rings. The molecule has 0 unspecified atom stereocenters. The van der Waals surface area contributed by atoms with E-state index in [4.69, 9.17) is 9.97 Å². The van der Waals surface area contributed by atoms with Crippen molar-refractivity contribution in [1.82, 2.24) is 19.9 Å². The summed E-state index contributed by atoms with van der Waals surface area (Å²) >= 11 is 0. The zero-order chi connectivity index (χ0) is 45.3. The molecule has 2 aliphatic rings. The lowest BCUT2D eigenvalue weighted by Gasteiger charge is -2.19. The van der Waals surface area contributed by atoms with Gasteiger partial charge in [-0.3, -0.25) is 9.11 Å². The number of aromatic amines is 2. The second kappa shape index (κ2) is 15.8. The monoisotopic (exact) mass is 938 g/mol. The molecule has 0 aliphatic carbocycles. The Kier molecular flexibility index (Phi) is 10.6. The fourth-order valence-corrected chi connectivity index (χ4v) is 9.58. The summed E-state index contributed by atoms with van der Waals surface area (Å²) < 4.78 is 128. The van der Waals surface area contributed by atoms with E-state index in [0.717, 1.165) is 0 Å². The summed E-state index contributed by atoms with van der Waals surface area (Å²) in [6.07, 6.45) is 7.05. The molecule has 0 spiro atoms. The standard InChI is InChI=1S/C44H34N4O12S4/c49-61(50,51)29-9-1-25(2-10-29)41-33-17-19-35(45-33)42(26-3-11-30(12-4-26)62(52,53)54)37-21-23-39(47-37)44(28-7-15-32(16-8-28)64(58,59)60)40-24-22-38(48-40)43(36-20-18-34(41)46-36)27-5-13-31(14-6-27)63(55,56)57/h1-24,45,48-54H,(H,55,56,57)(H,58,59,60). The highest BCUT2D eigenvalue weighted by atomic mass is 32.3. The fraction of sp³-hybridized carbons (Fsp3) is 0. The van der Waals surface area contributed by atoms with E-state index in [-0.39, 0.29) is 19.6 Å². The molecule has 5 heterocycles. The van der Waals surface area contributed by atoms with Gasteiger partial charge in [0.05, 0.1) is 42.4 Å². The van der Waals surface area contributed by atoms with Crippen LogP contribution in [-0.2, 0) is 20.2 Å². The molecule has 0 saturated heterocycles. The minimum atomic E-state index is -4.53. The lowest BCUT2D eigenvalue weighted by atomic mass is 10.0. The first-order valence-corrected chi connectivity index (χ1v) is 24.7. The first-order chi connectivity index (χ1) is 30.2. The van der Waals surface area contributed by atoms with Gasteiger partial charge in [-0.2, -0.15) is 16.8 Å². The van der Waals surface area contributed by atoms with Gasteiger partial charge in [-0.05, 0) is 119 Å². The predicted molar refractivity (Wildman–Crippen MR) is 248 cm³/mol. The average molecular weight is 939 g/mol. The van der Waals surface area contributed by atoms with E-state index in [2.05, 4.69) is 9.97 Å². The normalized spacial score (nSPS) is 13.6. The van der Waals surface area contributed by atoms with Crippen molar-refractivity contribution in [2.75, 3.05) is 0 Å². The third-order valence-electron chi connectivity index (χ3n) is 10.6. The SMILES string of the molecule is O=S(=O)(O)c1ccc(-c2c3nc(c(-c4ccc(S(O)(O)O)cc4)c4ccc([nH]4)c(-c4ccc(S(O)(O)O)cc4)c4nc(c(-c5ccc(S(=O)(=O)O)cc5)c5ccc2[nH]5)C=C4)C=C3)cc1. The van der Waals surface area contributed by atoms with Crippen molar-refractivity contribution in [3.8, 4) is 44.5 Å². The summed E-state index contributed by atoms with van der Waals surface area (Å²) in [5.74, 6) is 0. The summed E-state index contributed by atoms with van der Waals surface area (Å²) in [5, 5.41) is 0. The molecule has 4 aromatic carbocycles. The molecule has 326 valence electrons. The molecule has 20 heteroatoms. The predicted octanol–water partition coefficient (Wildman–Crippen LogP) is 11.0. The first kappa shape index (κ1) is 43.0. The van der Waals surface area contributed by atoms with Gasteiger partial charge in [0.2, 0.25) is 0 Å². The van der Waals surface area contributed by atoms with Crippen molar-refractivity contribution in [3.63, 3.8) is 0 Å². The number of aromatic nitrogens is 4. The summed E-state index contributed by atoms with van der Waals surface area (Å²) in [7, 11) is -17.1. The van der Waals surface area contributed by atoms with E-state index in [1.165, 1.54) is 72.8 Å². The van der Waals surface area contributed by atoms with Crippen LogP contribution < -0.4 is 0 Å². The van der Waals surface area contributed by atoms with E-state index >= 15 is 0 Å². The molecule has 3 aromatic heterocycles.